The minimum absolute atomic E-state index is 0.0996. The SMILES string of the molecule is CC(C)(CN)COCC(C)(C)CBr. The van der Waals surface area contributed by atoms with Gasteiger partial charge in [0.05, 0.1) is 13.2 Å². The van der Waals surface area contributed by atoms with Crippen LogP contribution in [0.4, 0.5) is 0 Å². The van der Waals surface area contributed by atoms with E-state index in [1.807, 2.05) is 0 Å². The van der Waals surface area contributed by atoms with Gasteiger partial charge in [0, 0.05) is 10.7 Å². The molecule has 0 aromatic rings. The van der Waals surface area contributed by atoms with Crippen molar-refractivity contribution < 1.29 is 4.74 Å². The summed E-state index contributed by atoms with van der Waals surface area (Å²) in [6, 6.07) is 0. The molecule has 0 aromatic heterocycles. The predicted molar refractivity (Wildman–Crippen MR) is 61.2 cm³/mol. The molecule has 0 aromatic carbocycles. The van der Waals surface area contributed by atoms with Crippen LogP contribution in [0.15, 0.2) is 0 Å². The first kappa shape index (κ1) is 13.4. The van der Waals surface area contributed by atoms with Gasteiger partial charge in [-0.2, -0.15) is 0 Å². The summed E-state index contributed by atoms with van der Waals surface area (Å²) in [6.45, 7) is 10.8. The Kier molecular flexibility index (Phi) is 5.49. The fourth-order valence-corrected chi connectivity index (χ4v) is 0.863. The molecular formula is C10H22BrNO. The van der Waals surface area contributed by atoms with Crippen molar-refractivity contribution in [3.05, 3.63) is 0 Å². The smallest absolute Gasteiger partial charge is 0.0529 e. The molecular weight excluding hydrogens is 230 g/mol. The first-order valence-electron chi connectivity index (χ1n) is 4.67. The average Bonchev–Trinajstić information content (AvgIpc) is 2.04. The first-order chi connectivity index (χ1) is 5.83. The van der Waals surface area contributed by atoms with Crippen molar-refractivity contribution in [2.45, 2.75) is 27.7 Å². The van der Waals surface area contributed by atoms with Crippen LogP contribution in [0.5, 0.6) is 0 Å². The monoisotopic (exact) mass is 251 g/mol. The van der Waals surface area contributed by atoms with Gasteiger partial charge in [0.15, 0.2) is 0 Å². The normalized spacial score (nSPS) is 13.4. The standard InChI is InChI=1S/C10H22BrNO/c1-9(2,5-11)7-13-8-10(3,4)6-12/h5-8,12H2,1-4H3. The highest BCUT2D eigenvalue weighted by atomic mass is 79.9. The van der Waals surface area contributed by atoms with Gasteiger partial charge in [0.25, 0.3) is 0 Å². The first-order valence-corrected chi connectivity index (χ1v) is 5.79. The van der Waals surface area contributed by atoms with Crippen molar-refractivity contribution in [3.8, 4) is 0 Å². The molecule has 0 aliphatic heterocycles. The third-order valence-corrected chi connectivity index (χ3v) is 3.42. The minimum Gasteiger partial charge on any atom is -0.380 e. The molecule has 80 valence electrons. The van der Waals surface area contributed by atoms with Crippen LogP contribution in [-0.4, -0.2) is 25.1 Å². The molecule has 0 aliphatic carbocycles. The maximum absolute atomic E-state index is 5.64. The van der Waals surface area contributed by atoms with Crippen molar-refractivity contribution in [2.24, 2.45) is 16.6 Å². The zero-order chi connectivity index (χ0) is 10.5. The van der Waals surface area contributed by atoms with E-state index in [1.54, 1.807) is 0 Å². The van der Waals surface area contributed by atoms with E-state index >= 15 is 0 Å². The summed E-state index contributed by atoms with van der Waals surface area (Å²) in [5.74, 6) is 0. The molecule has 0 amide bonds. The van der Waals surface area contributed by atoms with Crippen molar-refractivity contribution in [1.29, 1.82) is 0 Å². The second kappa shape index (κ2) is 5.32. The summed E-state index contributed by atoms with van der Waals surface area (Å²) in [4.78, 5) is 0. The largest absolute Gasteiger partial charge is 0.380 e. The van der Waals surface area contributed by atoms with Gasteiger partial charge in [0.2, 0.25) is 0 Å². The molecule has 0 fully saturated rings. The number of nitrogens with two attached hydrogens (primary N) is 1. The van der Waals surface area contributed by atoms with Crippen molar-refractivity contribution >= 4 is 15.9 Å². The average molecular weight is 252 g/mol. The van der Waals surface area contributed by atoms with Crippen LogP contribution >= 0.6 is 15.9 Å². The summed E-state index contributed by atoms with van der Waals surface area (Å²) < 4.78 is 5.64. The Morgan fingerprint density at radius 3 is 1.92 bits per heavy atom. The number of rotatable bonds is 6. The zero-order valence-electron chi connectivity index (χ0n) is 9.19. The van der Waals surface area contributed by atoms with Crippen molar-refractivity contribution in [3.63, 3.8) is 0 Å². The molecule has 0 rings (SSSR count). The Hall–Kier alpha value is 0.400. The highest BCUT2D eigenvalue weighted by Gasteiger charge is 2.20. The summed E-state index contributed by atoms with van der Waals surface area (Å²) >= 11 is 3.46. The highest BCUT2D eigenvalue weighted by molar-refractivity contribution is 9.09. The van der Waals surface area contributed by atoms with Crippen molar-refractivity contribution in [2.75, 3.05) is 25.1 Å². The minimum atomic E-state index is 0.0996. The summed E-state index contributed by atoms with van der Waals surface area (Å²) in [5.41, 5.74) is 5.91. The summed E-state index contributed by atoms with van der Waals surface area (Å²) in [6.07, 6.45) is 0. The topological polar surface area (TPSA) is 35.2 Å². The van der Waals surface area contributed by atoms with Crippen molar-refractivity contribution in [1.82, 2.24) is 0 Å². The van der Waals surface area contributed by atoms with E-state index < -0.39 is 0 Å². The van der Waals surface area contributed by atoms with Crippen LogP contribution in [0, 0.1) is 10.8 Å². The lowest BCUT2D eigenvalue weighted by Crippen LogP contribution is -2.31. The van der Waals surface area contributed by atoms with E-state index in [-0.39, 0.29) is 10.8 Å². The predicted octanol–water partition coefficient (Wildman–Crippen LogP) is 2.41. The fourth-order valence-electron chi connectivity index (χ4n) is 0.701. The van der Waals surface area contributed by atoms with Gasteiger partial charge in [-0.15, -0.1) is 0 Å². The molecule has 0 radical (unpaired) electrons. The maximum atomic E-state index is 5.64. The number of hydrogen-bond acceptors (Lipinski definition) is 2. The third kappa shape index (κ3) is 6.47. The highest BCUT2D eigenvalue weighted by Crippen LogP contribution is 2.20. The number of alkyl halides is 1. The molecule has 0 saturated carbocycles. The lowest BCUT2D eigenvalue weighted by Gasteiger charge is -2.26. The molecule has 0 spiro atoms. The molecule has 2 N–H and O–H groups in total. The van der Waals surface area contributed by atoms with E-state index in [0.717, 1.165) is 18.5 Å². The number of ether oxygens (including phenoxy) is 1. The third-order valence-electron chi connectivity index (χ3n) is 1.90. The van der Waals surface area contributed by atoms with E-state index in [4.69, 9.17) is 10.5 Å². The van der Waals surface area contributed by atoms with Gasteiger partial charge in [-0.1, -0.05) is 43.6 Å². The van der Waals surface area contributed by atoms with Gasteiger partial charge in [0.1, 0.15) is 0 Å². The molecule has 0 aliphatic rings. The second-order valence-corrected chi connectivity index (χ2v) is 5.72. The van der Waals surface area contributed by atoms with Crippen LogP contribution in [0.25, 0.3) is 0 Å². The Bertz CT molecular complexity index is 130. The second-order valence-electron chi connectivity index (χ2n) is 5.16. The molecule has 0 heterocycles. The van der Waals surface area contributed by atoms with Gasteiger partial charge in [-0.25, -0.2) is 0 Å². The Morgan fingerprint density at radius 2 is 1.54 bits per heavy atom. The van der Waals surface area contributed by atoms with Gasteiger partial charge < -0.3 is 10.5 Å². The maximum Gasteiger partial charge on any atom is 0.0529 e. The number of halogens is 1. The van der Waals surface area contributed by atoms with Crippen LogP contribution in [0.2, 0.25) is 0 Å². The zero-order valence-corrected chi connectivity index (χ0v) is 10.8. The molecule has 3 heteroatoms. The van der Waals surface area contributed by atoms with E-state index in [1.165, 1.54) is 0 Å². The Morgan fingerprint density at radius 1 is 1.08 bits per heavy atom. The van der Waals surface area contributed by atoms with E-state index in [2.05, 4.69) is 43.6 Å². The lowest BCUT2D eigenvalue weighted by molar-refractivity contribution is 0.0260. The van der Waals surface area contributed by atoms with Gasteiger partial charge >= 0.3 is 0 Å². The lowest BCUT2D eigenvalue weighted by atomic mass is 9.94. The quantitative estimate of drug-likeness (QED) is 0.737. The summed E-state index contributed by atoms with van der Waals surface area (Å²) in [5, 5.41) is 0.961. The molecule has 0 saturated heterocycles. The van der Waals surface area contributed by atoms with Crippen LogP contribution in [0.1, 0.15) is 27.7 Å². The Balaban J connectivity index is 3.68. The van der Waals surface area contributed by atoms with E-state index in [9.17, 15) is 0 Å². The fraction of sp³-hybridized carbons (Fsp3) is 1.00. The summed E-state index contributed by atoms with van der Waals surface area (Å²) in [7, 11) is 0. The van der Waals surface area contributed by atoms with Gasteiger partial charge in [-0.3, -0.25) is 0 Å². The van der Waals surface area contributed by atoms with Crippen LogP contribution in [-0.2, 0) is 4.74 Å². The van der Waals surface area contributed by atoms with E-state index in [0.29, 0.717) is 6.54 Å². The molecule has 13 heavy (non-hydrogen) atoms. The van der Waals surface area contributed by atoms with Crippen LogP contribution in [0.3, 0.4) is 0 Å². The molecule has 0 unspecified atom stereocenters. The van der Waals surface area contributed by atoms with Crippen LogP contribution < -0.4 is 5.73 Å². The molecule has 0 atom stereocenters. The Labute approximate surface area is 90.3 Å². The van der Waals surface area contributed by atoms with Gasteiger partial charge in [-0.05, 0) is 12.0 Å². The molecule has 0 bridgehead atoms. The number of hydrogen-bond donors (Lipinski definition) is 1. The molecule has 2 nitrogen and oxygen atoms in total.